The van der Waals surface area contributed by atoms with Gasteiger partial charge in [0.2, 0.25) is 0 Å². The van der Waals surface area contributed by atoms with Crippen LogP contribution in [-0.2, 0) is 0 Å². The van der Waals surface area contributed by atoms with Crippen molar-refractivity contribution in [2.24, 2.45) is 0 Å². The number of rotatable bonds is 27. The van der Waals surface area contributed by atoms with Gasteiger partial charge in [0, 0.05) is 65.4 Å². The van der Waals surface area contributed by atoms with Crippen molar-refractivity contribution < 1.29 is 77.7 Å². The van der Waals surface area contributed by atoms with Crippen LogP contribution in [0.4, 0.5) is 0 Å². The normalized spacial score (nSPS) is 10.7. The summed E-state index contributed by atoms with van der Waals surface area (Å²) >= 11 is 0. The lowest BCUT2D eigenvalue weighted by atomic mass is 10.1. The third-order valence-corrected chi connectivity index (χ3v) is 10.4. The molecule has 362 valence electrons. The minimum Gasteiger partial charge on any atom is -0.495 e. The zero-order valence-corrected chi connectivity index (χ0v) is 37.6. The molecule has 4 aromatic rings. The second kappa shape index (κ2) is 25.5. The Morgan fingerprint density at radius 2 is 0.544 bits per heavy atom. The third kappa shape index (κ3) is 13.6. The van der Waals surface area contributed by atoms with Crippen molar-refractivity contribution in [1.29, 1.82) is 0 Å². The maximum Gasteiger partial charge on any atom is 0.339 e. The Kier molecular flexibility index (Phi) is 19.6. The van der Waals surface area contributed by atoms with Crippen LogP contribution in [0.5, 0.6) is 23.0 Å². The molecule has 0 heterocycles. The van der Waals surface area contributed by atoms with Crippen LogP contribution in [0.2, 0.25) is 0 Å². The zero-order chi connectivity index (χ0) is 49.9. The van der Waals surface area contributed by atoms with Gasteiger partial charge in [-0.25, -0.2) is 19.2 Å². The van der Waals surface area contributed by atoms with E-state index in [1.807, 2.05) is 9.80 Å². The summed E-state index contributed by atoms with van der Waals surface area (Å²) in [6.07, 6.45) is 0. The van der Waals surface area contributed by atoms with Crippen LogP contribution >= 0.6 is 0 Å². The first-order valence-electron chi connectivity index (χ1n) is 20.8. The molecule has 0 atom stereocenters. The Morgan fingerprint density at radius 1 is 0.353 bits per heavy atom. The standard InChI is InChI=1S/C46H52N6O16/c1-65-35-27(9-5-13-31(35)43(57)58)39(53)47-17-21-51(22-18-48-40(54)28-10-6-14-32(44(59)60)36(28)66-2)25-26-52(23-19-49-41(55)29-11-7-15-33(45(61)62)37(29)67-3)24-20-50-42(56)30-12-8-16-34(46(63)64)38(30)68-4/h5-16H,17-26H2,1-4H3,(H,47,53)(H,48,54)(H,49,55)(H,50,56)(H,57,58)(H,59,60)(H,61,62)(H,63,64). The molecular formula is C46H52N6O16. The quantitative estimate of drug-likeness (QED) is 0.0425. The number of nitrogens with one attached hydrogen (secondary N) is 4. The number of hydrogen-bond donors (Lipinski definition) is 8. The highest BCUT2D eigenvalue weighted by atomic mass is 16.5. The summed E-state index contributed by atoms with van der Waals surface area (Å²) in [5, 5.41) is 49.5. The molecule has 22 heteroatoms. The van der Waals surface area contributed by atoms with Crippen molar-refractivity contribution in [1.82, 2.24) is 31.1 Å². The average molecular weight is 945 g/mol. The maximum atomic E-state index is 13.3. The highest BCUT2D eigenvalue weighted by Gasteiger charge is 2.24. The minimum absolute atomic E-state index is 0.0152. The summed E-state index contributed by atoms with van der Waals surface area (Å²) in [4.78, 5) is 104. The Bertz CT molecular complexity index is 2180. The van der Waals surface area contributed by atoms with E-state index in [0.717, 1.165) is 0 Å². The van der Waals surface area contributed by atoms with E-state index in [1.54, 1.807) is 0 Å². The molecule has 0 bridgehead atoms. The summed E-state index contributed by atoms with van der Waals surface area (Å²) in [6.45, 7) is 1.36. The number of carboxylic acid groups (broad SMARTS) is 4. The van der Waals surface area contributed by atoms with Crippen LogP contribution in [0, 0.1) is 0 Å². The first-order chi connectivity index (χ1) is 32.6. The van der Waals surface area contributed by atoms with Crippen LogP contribution in [0.25, 0.3) is 0 Å². The van der Waals surface area contributed by atoms with Crippen molar-refractivity contribution in [3.8, 4) is 23.0 Å². The monoisotopic (exact) mass is 944 g/mol. The van der Waals surface area contributed by atoms with Gasteiger partial charge in [0.1, 0.15) is 45.3 Å². The molecule has 22 nitrogen and oxygen atoms in total. The topological polar surface area (TPSA) is 309 Å². The lowest BCUT2D eigenvalue weighted by Gasteiger charge is -2.28. The van der Waals surface area contributed by atoms with Crippen molar-refractivity contribution in [3.05, 3.63) is 117 Å². The molecule has 0 spiro atoms. The number of carbonyl (C=O) groups is 8. The molecule has 4 aromatic carbocycles. The lowest BCUT2D eigenvalue weighted by molar-refractivity contribution is 0.0681. The molecule has 68 heavy (non-hydrogen) atoms. The number of aromatic carboxylic acids is 4. The molecule has 4 rings (SSSR count). The number of nitrogens with zero attached hydrogens (tertiary/aromatic N) is 2. The molecule has 0 radical (unpaired) electrons. The average Bonchev–Trinajstić information content (AvgIpc) is 3.33. The molecule has 0 saturated heterocycles. The van der Waals surface area contributed by atoms with Gasteiger partial charge in [-0.1, -0.05) is 24.3 Å². The lowest BCUT2D eigenvalue weighted by Crippen LogP contribution is -2.46. The Balaban J connectivity index is 1.55. The number of amides is 4. The van der Waals surface area contributed by atoms with Gasteiger partial charge in [-0.3, -0.25) is 29.0 Å². The second-order valence-corrected chi connectivity index (χ2v) is 14.5. The van der Waals surface area contributed by atoms with Gasteiger partial charge in [-0.05, 0) is 48.5 Å². The van der Waals surface area contributed by atoms with Crippen LogP contribution in [0.3, 0.4) is 0 Å². The van der Waals surface area contributed by atoms with Crippen molar-refractivity contribution in [2.75, 3.05) is 93.9 Å². The van der Waals surface area contributed by atoms with Gasteiger partial charge < -0.3 is 60.6 Å². The molecule has 0 unspecified atom stereocenters. The van der Waals surface area contributed by atoms with Gasteiger partial charge in [-0.2, -0.15) is 0 Å². The van der Waals surface area contributed by atoms with E-state index in [1.165, 1.54) is 101 Å². The predicted octanol–water partition coefficient (Wildman–Crippen LogP) is 2.14. The van der Waals surface area contributed by atoms with E-state index in [-0.39, 0.29) is 133 Å². The highest BCUT2D eigenvalue weighted by Crippen LogP contribution is 2.27. The van der Waals surface area contributed by atoms with Crippen LogP contribution in [0.1, 0.15) is 82.9 Å². The molecule has 8 N–H and O–H groups in total. The van der Waals surface area contributed by atoms with Crippen LogP contribution in [0.15, 0.2) is 72.8 Å². The summed E-state index contributed by atoms with van der Waals surface area (Å²) in [5.41, 5.74) is -0.907. The van der Waals surface area contributed by atoms with Gasteiger partial charge in [-0.15, -0.1) is 0 Å². The molecule has 0 aromatic heterocycles. The smallest absolute Gasteiger partial charge is 0.339 e. The first kappa shape index (κ1) is 52.4. The first-order valence-corrected chi connectivity index (χ1v) is 20.8. The van der Waals surface area contributed by atoms with Gasteiger partial charge >= 0.3 is 23.9 Å². The summed E-state index contributed by atoms with van der Waals surface area (Å²) in [6, 6.07) is 16.5. The maximum absolute atomic E-state index is 13.3. The second-order valence-electron chi connectivity index (χ2n) is 14.5. The number of ether oxygens (including phenoxy) is 4. The minimum atomic E-state index is -1.29. The van der Waals surface area contributed by atoms with E-state index in [9.17, 15) is 58.8 Å². The van der Waals surface area contributed by atoms with E-state index < -0.39 is 47.5 Å². The SMILES string of the molecule is COc1c(C(=O)O)cccc1C(=O)NCCN(CCNC(=O)c1cccc(C(=O)O)c1OC)CCN(CCNC(=O)c1cccc(C(=O)O)c1OC)CCNC(=O)c1cccc(C(=O)O)c1OC. The van der Waals surface area contributed by atoms with Crippen molar-refractivity contribution in [3.63, 3.8) is 0 Å². The molecule has 0 fully saturated rings. The summed E-state index contributed by atoms with van der Waals surface area (Å²) < 4.78 is 21.0. The predicted molar refractivity (Wildman–Crippen MR) is 242 cm³/mol. The molecule has 0 saturated carbocycles. The number of methoxy groups -OCH3 is 4. The van der Waals surface area contributed by atoms with Crippen LogP contribution < -0.4 is 40.2 Å². The van der Waals surface area contributed by atoms with E-state index in [2.05, 4.69) is 21.3 Å². The highest BCUT2D eigenvalue weighted by molar-refractivity contribution is 6.04. The fourth-order valence-corrected chi connectivity index (χ4v) is 7.06. The van der Waals surface area contributed by atoms with Gasteiger partial charge in [0.15, 0.2) is 0 Å². The molecular weight excluding hydrogens is 893 g/mol. The van der Waals surface area contributed by atoms with Gasteiger partial charge in [0.25, 0.3) is 23.6 Å². The number of benzene rings is 4. The Labute approximate surface area is 389 Å². The number of carboxylic acids is 4. The third-order valence-electron chi connectivity index (χ3n) is 10.4. The molecule has 0 aliphatic carbocycles. The molecule has 4 amide bonds. The Hall–Kier alpha value is -8.24. The number of carbonyl (C=O) groups excluding carboxylic acids is 4. The van der Waals surface area contributed by atoms with Crippen LogP contribution in [-0.4, -0.2) is 172 Å². The number of para-hydroxylation sites is 4. The van der Waals surface area contributed by atoms with E-state index in [4.69, 9.17) is 18.9 Å². The van der Waals surface area contributed by atoms with E-state index in [0.29, 0.717) is 0 Å². The van der Waals surface area contributed by atoms with Gasteiger partial charge in [0.05, 0.1) is 50.7 Å². The van der Waals surface area contributed by atoms with Crippen molar-refractivity contribution in [2.45, 2.75) is 0 Å². The Morgan fingerprint density at radius 3 is 0.721 bits per heavy atom. The number of hydrogen-bond acceptors (Lipinski definition) is 14. The largest absolute Gasteiger partial charge is 0.495 e. The van der Waals surface area contributed by atoms with E-state index >= 15 is 0 Å². The van der Waals surface area contributed by atoms with Crippen molar-refractivity contribution >= 4 is 47.5 Å². The fraction of sp³-hybridized carbons (Fsp3) is 0.304. The zero-order valence-electron chi connectivity index (χ0n) is 37.6. The summed E-state index contributed by atoms with van der Waals surface area (Å²) in [5.74, 6) is -8.16. The molecule has 0 aliphatic rings. The summed E-state index contributed by atoms with van der Waals surface area (Å²) in [7, 11) is 4.97. The fourth-order valence-electron chi connectivity index (χ4n) is 7.06. The molecule has 0 aliphatic heterocycles.